The SMILES string of the molecule is COc1cc(C(=O)N2Cc3ccc(C(=O)N(C)CCc4ccccn4)n3Cc3ccccc32)ccc1-n1c(C)ccc1C. The molecule has 2 amide bonds. The van der Waals surface area contributed by atoms with Gasteiger partial charge in [-0.25, -0.2) is 0 Å². The summed E-state index contributed by atoms with van der Waals surface area (Å²) in [6.07, 6.45) is 2.44. The highest BCUT2D eigenvalue weighted by Gasteiger charge is 2.28. The quantitative estimate of drug-likeness (QED) is 0.246. The Morgan fingerprint density at radius 3 is 2.40 bits per heavy atom. The first-order valence-electron chi connectivity index (χ1n) is 14.4. The molecule has 0 aliphatic carbocycles. The van der Waals surface area contributed by atoms with Crippen LogP contribution < -0.4 is 9.64 Å². The third kappa shape index (κ3) is 5.32. The Labute approximate surface area is 251 Å². The van der Waals surface area contributed by atoms with E-state index in [-0.39, 0.29) is 11.8 Å². The third-order valence-electron chi connectivity index (χ3n) is 8.18. The molecule has 6 rings (SSSR count). The molecule has 1 aliphatic rings. The standard InChI is InChI=1S/C35H35N5O3/c1-24-12-13-25(2)40(24)31-16-14-26(21-33(31)43-4)34(41)39-23-29-15-17-32(38(29)22-27-9-5-6-11-30(27)39)35(42)37(3)20-18-28-10-7-8-19-36-28/h5-17,19,21H,18,20,22-23H2,1-4H3. The maximum absolute atomic E-state index is 14.2. The van der Waals surface area contributed by atoms with Crippen LogP contribution in [0, 0.1) is 13.8 Å². The Morgan fingerprint density at radius 2 is 1.65 bits per heavy atom. The summed E-state index contributed by atoms with van der Waals surface area (Å²) in [5.41, 5.74) is 7.84. The molecule has 5 aromatic rings. The second-order valence-corrected chi connectivity index (χ2v) is 11.0. The Balaban J connectivity index is 1.30. The molecule has 0 unspecified atom stereocenters. The number of amides is 2. The van der Waals surface area contributed by atoms with Crippen LogP contribution in [0.15, 0.2) is 91.1 Å². The molecular weight excluding hydrogens is 538 g/mol. The van der Waals surface area contributed by atoms with Gasteiger partial charge in [-0.05, 0) is 80.1 Å². The maximum Gasteiger partial charge on any atom is 0.270 e. The number of ether oxygens (including phenoxy) is 1. The lowest BCUT2D eigenvalue weighted by molar-refractivity contribution is 0.0785. The summed E-state index contributed by atoms with van der Waals surface area (Å²) >= 11 is 0. The van der Waals surface area contributed by atoms with Crippen LogP contribution in [0.4, 0.5) is 5.69 Å². The number of fused-ring (bicyclic) bond motifs is 2. The summed E-state index contributed by atoms with van der Waals surface area (Å²) in [6, 6.07) is 27.3. The van der Waals surface area contributed by atoms with Gasteiger partial charge in [-0.2, -0.15) is 0 Å². The van der Waals surface area contributed by atoms with E-state index in [0.29, 0.717) is 43.1 Å². The molecule has 2 aromatic carbocycles. The number of pyridine rings is 1. The van der Waals surface area contributed by atoms with Crippen molar-refractivity contribution in [2.75, 3.05) is 25.6 Å². The number of nitrogens with zero attached hydrogens (tertiary/aromatic N) is 5. The van der Waals surface area contributed by atoms with Crippen LogP contribution in [-0.2, 0) is 19.5 Å². The highest BCUT2D eigenvalue weighted by Crippen LogP contribution is 2.33. The highest BCUT2D eigenvalue weighted by atomic mass is 16.5. The van der Waals surface area contributed by atoms with Gasteiger partial charge in [0.15, 0.2) is 0 Å². The van der Waals surface area contributed by atoms with Crippen LogP contribution in [0.5, 0.6) is 5.75 Å². The summed E-state index contributed by atoms with van der Waals surface area (Å²) < 4.78 is 9.92. The van der Waals surface area contributed by atoms with Crippen LogP contribution >= 0.6 is 0 Å². The van der Waals surface area contributed by atoms with E-state index in [1.54, 1.807) is 23.1 Å². The second-order valence-electron chi connectivity index (χ2n) is 11.0. The van der Waals surface area contributed by atoms with Gasteiger partial charge in [0.25, 0.3) is 11.8 Å². The van der Waals surface area contributed by atoms with Gasteiger partial charge in [0.05, 0.1) is 25.9 Å². The Hall–Kier alpha value is -5.11. The van der Waals surface area contributed by atoms with E-state index in [0.717, 1.165) is 39.7 Å². The van der Waals surface area contributed by atoms with E-state index in [1.165, 1.54) is 0 Å². The molecule has 8 heteroatoms. The molecule has 4 heterocycles. The zero-order valence-corrected chi connectivity index (χ0v) is 24.9. The van der Waals surface area contributed by atoms with Crippen molar-refractivity contribution in [3.8, 4) is 11.4 Å². The molecule has 0 fully saturated rings. The Morgan fingerprint density at radius 1 is 0.884 bits per heavy atom. The van der Waals surface area contributed by atoms with Crippen LogP contribution in [0.3, 0.4) is 0 Å². The number of aromatic nitrogens is 3. The number of benzene rings is 2. The summed E-state index contributed by atoms with van der Waals surface area (Å²) in [4.78, 5) is 35.7. The maximum atomic E-state index is 14.2. The number of aryl methyl sites for hydroxylation is 2. The number of anilines is 1. The van der Waals surface area contributed by atoms with Gasteiger partial charge in [-0.15, -0.1) is 0 Å². The number of methoxy groups -OCH3 is 1. The van der Waals surface area contributed by atoms with E-state index in [4.69, 9.17) is 4.74 Å². The van der Waals surface area contributed by atoms with Gasteiger partial charge in [-0.1, -0.05) is 24.3 Å². The van der Waals surface area contributed by atoms with Crippen molar-refractivity contribution in [3.63, 3.8) is 0 Å². The molecule has 3 aromatic heterocycles. The average molecular weight is 574 g/mol. The monoisotopic (exact) mass is 573 g/mol. The van der Waals surface area contributed by atoms with Crippen molar-refractivity contribution in [1.82, 2.24) is 19.0 Å². The van der Waals surface area contributed by atoms with E-state index >= 15 is 0 Å². The fourth-order valence-electron chi connectivity index (χ4n) is 5.85. The van der Waals surface area contributed by atoms with E-state index in [2.05, 4.69) is 21.7 Å². The fraction of sp³-hybridized carbons (Fsp3) is 0.229. The fourth-order valence-corrected chi connectivity index (χ4v) is 5.85. The molecule has 0 bridgehead atoms. The Kier molecular flexibility index (Phi) is 7.59. The molecule has 1 aliphatic heterocycles. The minimum absolute atomic E-state index is 0.0598. The van der Waals surface area contributed by atoms with Gasteiger partial charge in [0, 0.05) is 60.2 Å². The minimum atomic E-state index is -0.131. The lowest BCUT2D eigenvalue weighted by atomic mass is 10.1. The van der Waals surface area contributed by atoms with E-state index in [9.17, 15) is 9.59 Å². The van der Waals surface area contributed by atoms with Crippen molar-refractivity contribution < 1.29 is 14.3 Å². The summed E-state index contributed by atoms with van der Waals surface area (Å²) in [6.45, 7) is 5.47. The van der Waals surface area contributed by atoms with Gasteiger partial charge in [0.2, 0.25) is 0 Å². The first-order chi connectivity index (χ1) is 20.9. The Bertz CT molecular complexity index is 1780. The number of carbonyl (C=O) groups excluding carboxylic acids is 2. The van der Waals surface area contributed by atoms with Crippen LogP contribution in [0.2, 0.25) is 0 Å². The zero-order chi connectivity index (χ0) is 30.1. The molecule has 8 nitrogen and oxygen atoms in total. The largest absolute Gasteiger partial charge is 0.495 e. The minimum Gasteiger partial charge on any atom is -0.495 e. The van der Waals surface area contributed by atoms with Gasteiger partial charge < -0.3 is 23.7 Å². The number of likely N-dealkylation sites (N-methyl/N-ethyl adjacent to an activating group) is 1. The van der Waals surface area contributed by atoms with Crippen LogP contribution in [0.25, 0.3) is 5.69 Å². The number of carbonyl (C=O) groups is 2. The first-order valence-corrected chi connectivity index (χ1v) is 14.4. The number of hydrogen-bond acceptors (Lipinski definition) is 4. The summed E-state index contributed by atoms with van der Waals surface area (Å²) in [5.74, 6) is 0.435. The molecule has 218 valence electrons. The summed E-state index contributed by atoms with van der Waals surface area (Å²) in [7, 11) is 3.45. The first kappa shape index (κ1) is 28.0. The smallest absolute Gasteiger partial charge is 0.270 e. The molecule has 0 N–H and O–H groups in total. The van der Waals surface area contributed by atoms with Crippen molar-refractivity contribution in [2.24, 2.45) is 0 Å². The van der Waals surface area contributed by atoms with Crippen molar-refractivity contribution in [3.05, 3.63) is 131 Å². The van der Waals surface area contributed by atoms with Crippen molar-refractivity contribution in [2.45, 2.75) is 33.4 Å². The molecular formula is C35H35N5O3. The predicted octanol–water partition coefficient (Wildman–Crippen LogP) is 5.82. The molecule has 0 saturated heterocycles. The number of hydrogen-bond donors (Lipinski definition) is 0. The normalized spacial score (nSPS) is 12.3. The molecule has 0 saturated carbocycles. The van der Waals surface area contributed by atoms with Crippen LogP contribution in [0.1, 0.15) is 49.2 Å². The van der Waals surface area contributed by atoms with Crippen molar-refractivity contribution in [1.29, 1.82) is 0 Å². The predicted molar refractivity (Wildman–Crippen MR) is 167 cm³/mol. The van der Waals surface area contributed by atoms with E-state index < -0.39 is 0 Å². The van der Waals surface area contributed by atoms with Crippen molar-refractivity contribution >= 4 is 17.5 Å². The number of rotatable bonds is 7. The molecule has 0 radical (unpaired) electrons. The van der Waals surface area contributed by atoms with Gasteiger partial charge >= 0.3 is 0 Å². The molecule has 43 heavy (non-hydrogen) atoms. The van der Waals surface area contributed by atoms with Gasteiger partial charge in [-0.3, -0.25) is 14.6 Å². The third-order valence-corrected chi connectivity index (χ3v) is 8.18. The molecule has 0 atom stereocenters. The lowest BCUT2D eigenvalue weighted by Crippen LogP contribution is -2.31. The lowest BCUT2D eigenvalue weighted by Gasteiger charge is -2.23. The molecule has 0 spiro atoms. The second kappa shape index (κ2) is 11.6. The van der Waals surface area contributed by atoms with Crippen LogP contribution in [-0.4, -0.2) is 51.5 Å². The van der Waals surface area contributed by atoms with E-state index in [1.807, 2.05) is 98.3 Å². The zero-order valence-electron chi connectivity index (χ0n) is 24.9. The summed E-state index contributed by atoms with van der Waals surface area (Å²) in [5, 5.41) is 0. The van der Waals surface area contributed by atoms with Gasteiger partial charge in [0.1, 0.15) is 11.4 Å². The topological polar surface area (TPSA) is 72.6 Å². The highest BCUT2D eigenvalue weighted by molar-refractivity contribution is 6.07. The number of para-hydroxylation sites is 1. The average Bonchev–Trinajstić information content (AvgIpc) is 3.54.